The first kappa shape index (κ1) is 27.5. The molecule has 36 heavy (non-hydrogen) atoms. The van der Waals surface area contributed by atoms with Crippen LogP contribution < -0.4 is 5.32 Å². The first-order valence-electron chi connectivity index (χ1n) is 12.8. The summed E-state index contributed by atoms with van der Waals surface area (Å²) in [5, 5.41) is 3.09. The van der Waals surface area contributed by atoms with Crippen LogP contribution in [0.2, 0.25) is 0 Å². The Kier molecular flexibility index (Phi) is 11.6. The molecule has 0 fully saturated rings. The smallest absolute Gasteiger partial charge is 0.243 e. The lowest BCUT2D eigenvalue weighted by Gasteiger charge is -2.32. The summed E-state index contributed by atoms with van der Waals surface area (Å²) >= 11 is 1.75. The van der Waals surface area contributed by atoms with Crippen LogP contribution in [0, 0.1) is 6.92 Å². The molecule has 3 aromatic carbocycles. The maximum Gasteiger partial charge on any atom is 0.243 e. The molecule has 0 aliphatic heterocycles. The van der Waals surface area contributed by atoms with E-state index in [4.69, 9.17) is 0 Å². The third kappa shape index (κ3) is 9.19. The highest BCUT2D eigenvalue weighted by atomic mass is 32.2. The monoisotopic (exact) mass is 502 g/mol. The number of nitrogens with zero attached hydrogens (tertiary/aromatic N) is 1. The average Bonchev–Trinajstić information content (AvgIpc) is 2.90. The van der Waals surface area contributed by atoms with Crippen molar-refractivity contribution in [2.45, 2.75) is 57.9 Å². The predicted molar refractivity (Wildman–Crippen MR) is 151 cm³/mol. The minimum Gasteiger partial charge on any atom is -0.354 e. The SMILES string of the molecule is CCCCNC(=O)C(Cc1ccccc1)N(Cc1cccc(C)c1)C(=O)CCSCc1ccccc1. The Balaban J connectivity index is 1.78. The zero-order valence-electron chi connectivity index (χ0n) is 21.5. The molecule has 1 N–H and O–H groups in total. The fraction of sp³-hybridized carbons (Fsp3) is 0.355. The average molecular weight is 503 g/mol. The molecule has 2 amide bonds. The van der Waals surface area contributed by atoms with Crippen LogP contribution in [-0.2, 0) is 28.3 Å². The number of aryl methyl sites for hydroxylation is 1. The van der Waals surface area contributed by atoms with Gasteiger partial charge in [0, 0.05) is 37.4 Å². The minimum atomic E-state index is -0.559. The van der Waals surface area contributed by atoms with E-state index in [1.165, 1.54) is 5.56 Å². The van der Waals surface area contributed by atoms with E-state index in [1.807, 2.05) is 60.7 Å². The highest BCUT2D eigenvalue weighted by molar-refractivity contribution is 7.98. The van der Waals surface area contributed by atoms with Gasteiger partial charge in [0.25, 0.3) is 0 Å². The lowest BCUT2D eigenvalue weighted by Crippen LogP contribution is -2.50. The summed E-state index contributed by atoms with van der Waals surface area (Å²) in [5.74, 6) is 1.53. The lowest BCUT2D eigenvalue weighted by molar-refractivity contribution is -0.141. The van der Waals surface area contributed by atoms with Crippen molar-refractivity contribution in [3.63, 3.8) is 0 Å². The van der Waals surface area contributed by atoms with Gasteiger partial charge >= 0.3 is 0 Å². The van der Waals surface area contributed by atoms with Gasteiger partial charge in [0.2, 0.25) is 11.8 Å². The van der Waals surface area contributed by atoms with Gasteiger partial charge < -0.3 is 10.2 Å². The van der Waals surface area contributed by atoms with Crippen molar-refractivity contribution in [1.29, 1.82) is 0 Å². The van der Waals surface area contributed by atoms with Crippen molar-refractivity contribution >= 4 is 23.6 Å². The Bertz CT molecular complexity index is 1070. The second-order valence-corrected chi connectivity index (χ2v) is 10.3. The number of hydrogen-bond acceptors (Lipinski definition) is 3. The Hall–Kier alpha value is -3.05. The van der Waals surface area contributed by atoms with Crippen LogP contribution in [0.1, 0.15) is 48.4 Å². The topological polar surface area (TPSA) is 49.4 Å². The molecule has 0 heterocycles. The molecule has 5 heteroatoms. The standard InChI is InChI=1S/C31H38N2O2S/c1-3-4-19-32-31(35)29(22-26-13-7-5-8-14-26)33(23-28-17-11-12-25(2)21-28)30(34)18-20-36-24-27-15-9-6-10-16-27/h5-17,21,29H,3-4,18-20,22-24H2,1-2H3,(H,32,35). The number of rotatable bonds is 14. The van der Waals surface area contributed by atoms with Crippen LogP contribution in [0.4, 0.5) is 0 Å². The first-order valence-corrected chi connectivity index (χ1v) is 14.0. The summed E-state index contributed by atoms with van der Waals surface area (Å²) in [5.41, 5.74) is 4.49. The lowest BCUT2D eigenvalue weighted by atomic mass is 10.0. The Morgan fingerprint density at radius 1 is 0.889 bits per heavy atom. The number of amides is 2. The molecule has 3 rings (SSSR count). The van der Waals surface area contributed by atoms with E-state index in [1.54, 1.807) is 16.7 Å². The zero-order valence-corrected chi connectivity index (χ0v) is 22.3. The van der Waals surface area contributed by atoms with Gasteiger partial charge in [-0.15, -0.1) is 0 Å². The Morgan fingerprint density at radius 2 is 1.56 bits per heavy atom. The molecule has 0 saturated carbocycles. The number of unbranched alkanes of at least 4 members (excludes halogenated alkanes) is 1. The van der Waals surface area contributed by atoms with Gasteiger partial charge in [0.1, 0.15) is 6.04 Å². The van der Waals surface area contributed by atoms with Crippen molar-refractivity contribution < 1.29 is 9.59 Å². The molecule has 190 valence electrons. The van der Waals surface area contributed by atoms with Crippen LogP contribution in [-0.4, -0.2) is 35.1 Å². The first-order chi connectivity index (χ1) is 17.6. The molecular weight excluding hydrogens is 464 g/mol. The molecule has 0 radical (unpaired) electrons. The summed E-state index contributed by atoms with van der Waals surface area (Å²) in [6.07, 6.45) is 2.82. The van der Waals surface area contributed by atoms with Crippen molar-refractivity contribution in [1.82, 2.24) is 10.2 Å². The number of hydrogen-bond donors (Lipinski definition) is 1. The highest BCUT2D eigenvalue weighted by Gasteiger charge is 2.30. The van der Waals surface area contributed by atoms with Crippen LogP contribution in [0.5, 0.6) is 0 Å². The second kappa shape index (κ2) is 15.1. The van der Waals surface area contributed by atoms with Crippen LogP contribution in [0.25, 0.3) is 0 Å². The maximum atomic E-state index is 13.6. The minimum absolute atomic E-state index is 0.0173. The molecule has 0 saturated heterocycles. The van der Waals surface area contributed by atoms with Crippen molar-refractivity contribution in [3.8, 4) is 0 Å². The number of benzene rings is 3. The second-order valence-electron chi connectivity index (χ2n) is 9.15. The van der Waals surface area contributed by atoms with E-state index in [9.17, 15) is 9.59 Å². The number of thioether (sulfide) groups is 1. The number of carbonyl (C=O) groups excluding carboxylic acids is 2. The molecular formula is C31H38N2O2S. The predicted octanol–water partition coefficient (Wildman–Crippen LogP) is 6.17. The van der Waals surface area contributed by atoms with Gasteiger partial charge in [0.05, 0.1) is 0 Å². The van der Waals surface area contributed by atoms with E-state index < -0.39 is 6.04 Å². The molecule has 0 spiro atoms. The summed E-state index contributed by atoms with van der Waals surface area (Å²) in [6.45, 7) is 5.20. The largest absolute Gasteiger partial charge is 0.354 e. The van der Waals surface area contributed by atoms with Crippen LogP contribution >= 0.6 is 11.8 Å². The van der Waals surface area contributed by atoms with Gasteiger partial charge in [-0.3, -0.25) is 9.59 Å². The summed E-state index contributed by atoms with van der Waals surface area (Å²) < 4.78 is 0. The molecule has 0 aliphatic carbocycles. The number of carbonyl (C=O) groups is 2. The van der Waals surface area contributed by atoms with Crippen molar-refractivity contribution in [2.75, 3.05) is 12.3 Å². The Labute approximate surface area is 220 Å². The molecule has 0 aliphatic rings. The van der Waals surface area contributed by atoms with E-state index in [-0.39, 0.29) is 11.8 Å². The molecule has 0 bridgehead atoms. The van der Waals surface area contributed by atoms with Crippen molar-refractivity contribution in [3.05, 3.63) is 107 Å². The van der Waals surface area contributed by atoms with Gasteiger partial charge in [-0.25, -0.2) is 0 Å². The fourth-order valence-corrected chi connectivity index (χ4v) is 5.03. The highest BCUT2D eigenvalue weighted by Crippen LogP contribution is 2.19. The molecule has 1 unspecified atom stereocenters. The third-order valence-electron chi connectivity index (χ3n) is 6.11. The van der Waals surface area contributed by atoms with E-state index in [0.29, 0.717) is 31.7 Å². The zero-order chi connectivity index (χ0) is 25.6. The van der Waals surface area contributed by atoms with Crippen LogP contribution in [0.15, 0.2) is 84.9 Å². The third-order valence-corrected chi connectivity index (χ3v) is 7.14. The summed E-state index contributed by atoms with van der Waals surface area (Å²) in [4.78, 5) is 28.9. The van der Waals surface area contributed by atoms with Crippen molar-refractivity contribution in [2.24, 2.45) is 0 Å². The molecule has 1 atom stereocenters. The Morgan fingerprint density at radius 3 is 2.22 bits per heavy atom. The maximum absolute atomic E-state index is 13.6. The summed E-state index contributed by atoms with van der Waals surface area (Å²) in [6, 6.07) is 27.9. The molecule has 4 nitrogen and oxygen atoms in total. The van der Waals surface area contributed by atoms with E-state index >= 15 is 0 Å². The van der Waals surface area contributed by atoms with Gasteiger partial charge in [-0.1, -0.05) is 104 Å². The van der Waals surface area contributed by atoms with E-state index in [2.05, 4.69) is 43.4 Å². The number of nitrogens with one attached hydrogen (secondary N) is 1. The normalized spacial score (nSPS) is 11.6. The molecule has 3 aromatic rings. The quantitative estimate of drug-likeness (QED) is 0.268. The van der Waals surface area contributed by atoms with E-state index in [0.717, 1.165) is 35.3 Å². The summed E-state index contributed by atoms with van der Waals surface area (Å²) in [7, 11) is 0. The van der Waals surface area contributed by atoms with Crippen LogP contribution in [0.3, 0.4) is 0 Å². The van der Waals surface area contributed by atoms with Gasteiger partial charge in [-0.05, 0) is 30.0 Å². The van der Waals surface area contributed by atoms with Gasteiger partial charge in [0.15, 0.2) is 0 Å². The molecule has 0 aromatic heterocycles. The fourth-order valence-electron chi connectivity index (χ4n) is 4.13. The van der Waals surface area contributed by atoms with Gasteiger partial charge in [-0.2, -0.15) is 11.8 Å².